The maximum absolute atomic E-state index is 12.9. The van der Waals surface area contributed by atoms with Crippen LogP contribution in [0.15, 0.2) is 78.9 Å². The van der Waals surface area contributed by atoms with E-state index in [0.717, 1.165) is 16.7 Å². The van der Waals surface area contributed by atoms with E-state index in [4.69, 9.17) is 4.74 Å². The number of fused-ring (bicyclic) bond motifs is 2. The van der Waals surface area contributed by atoms with E-state index < -0.39 is 5.60 Å². The second-order valence-corrected chi connectivity index (χ2v) is 8.05. The molecule has 1 fully saturated rings. The van der Waals surface area contributed by atoms with Crippen LogP contribution in [0.1, 0.15) is 34.3 Å². The van der Waals surface area contributed by atoms with E-state index in [2.05, 4.69) is 24.3 Å². The first kappa shape index (κ1) is 18.6. The maximum Gasteiger partial charge on any atom is 0.339 e. The van der Waals surface area contributed by atoms with Gasteiger partial charge in [-0.2, -0.15) is 0 Å². The van der Waals surface area contributed by atoms with Gasteiger partial charge in [-0.05, 0) is 22.8 Å². The molecule has 0 aliphatic carbocycles. The Bertz CT molecular complexity index is 1080. The molecule has 5 rings (SSSR count). The van der Waals surface area contributed by atoms with Crippen LogP contribution in [0.5, 0.6) is 0 Å². The molecule has 2 aliphatic rings. The maximum atomic E-state index is 12.9. The van der Waals surface area contributed by atoms with E-state index in [1.54, 1.807) is 0 Å². The van der Waals surface area contributed by atoms with Crippen molar-refractivity contribution in [2.75, 3.05) is 13.1 Å². The first-order valence-electron chi connectivity index (χ1n) is 10.4. The molecule has 2 heterocycles. The number of nitrogens with zero attached hydrogens (tertiary/aromatic N) is 1. The lowest BCUT2D eigenvalue weighted by atomic mass is 9.83. The predicted octanol–water partition coefficient (Wildman–Crippen LogP) is 4.58. The number of piperidine rings is 1. The van der Waals surface area contributed by atoms with Gasteiger partial charge in [-0.3, -0.25) is 4.79 Å². The third kappa shape index (κ3) is 3.28. The summed E-state index contributed by atoms with van der Waals surface area (Å²) in [5.41, 5.74) is 4.39. The normalized spacial score (nSPS) is 16.9. The fourth-order valence-electron chi connectivity index (χ4n) is 4.57. The van der Waals surface area contributed by atoms with Gasteiger partial charge in [-0.1, -0.05) is 72.8 Å². The highest BCUT2D eigenvalue weighted by molar-refractivity contribution is 5.94. The lowest BCUT2D eigenvalue weighted by molar-refractivity contribution is -0.134. The minimum atomic E-state index is -0.568. The Balaban J connectivity index is 1.23. The van der Waals surface area contributed by atoms with Crippen LogP contribution in [0, 0.1) is 0 Å². The summed E-state index contributed by atoms with van der Waals surface area (Å²) in [4.78, 5) is 27.0. The van der Waals surface area contributed by atoms with Crippen molar-refractivity contribution in [3.63, 3.8) is 0 Å². The van der Waals surface area contributed by atoms with E-state index in [1.165, 1.54) is 5.56 Å². The average molecular weight is 397 g/mol. The van der Waals surface area contributed by atoms with Crippen molar-refractivity contribution in [1.29, 1.82) is 0 Å². The molecule has 30 heavy (non-hydrogen) atoms. The highest BCUT2D eigenvalue weighted by Gasteiger charge is 2.47. The summed E-state index contributed by atoms with van der Waals surface area (Å²) >= 11 is 0. The van der Waals surface area contributed by atoms with Crippen LogP contribution in [0.25, 0.3) is 11.1 Å². The summed E-state index contributed by atoms with van der Waals surface area (Å²) in [5, 5.41) is 0. The van der Waals surface area contributed by atoms with Crippen LogP contribution in [0.2, 0.25) is 0 Å². The highest BCUT2D eigenvalue weighted by Crippen LogP contribution is 2.44. The molecule has 150 valence electrons. The molecule has 0 atom stereocenters. The zero-order chi connectivity index (χ0) is 20.6. The van der Waals surface area contributed by atoms with E-state index in [0.29, 0.717) is 37.9 Å². The van der Waals surface area contributed by atoms with Crippen LogP contribution < -0.4 is 0 Å². The highest BCUT2D eigenvalue weighted by atomic mass is 16.6. The quantitative estimate of drug-likeness (QED) is 0.608. The molecule has 3 aromatic carbocycles. The summed E-state index contributed by atoms with van der Waals surface area (Å²) < 4.78 is 5.78. The van der Waals surface area contributed by atoms with Crippen LogP contribution in [-0.4, -0.2) is 29.9 Å². The summed E-state index contributed by atoms with van der Waals surface area (Å²) in [6.07, 6.45) is 1.68. The molecule has 1 saturated heterocycles. The number of benzene rings is 3. The fourth-order valence-corrected chi connectivity index (χ4v) is 4.57. The molecule has 1 amide bonds. The van der Waals surface area contributed by atoms with Crippen molar-refractivity contribution in [2.45, 2.75) is 24.9 Å². The van der Waals surface area contributed by atoms with Gasteiger partial charge < -0.3 is 9.64 Å². The summed E-state index contributed by atoms with van der Waals surface area (Å²) in [5.74, 6) is -0.126. The zero-order valence-electron chi connectivity index (χ0n) is 16.7. The number of carbonyl (C=O) groups excluding carboxylic acids is 2. The monoisotopic (exact) mass is 397 g/mol. The topological polar surface area (TPSA) is 46.6 Å². The van der Waals surface area contributed by atoms with Gasteiger partial charge in [-0.15, -0.1) is 0 Å². The lowest BCUT2D eigenvalue weighted by Crippen LogP contribution is -2.45. The van der Waals surface area contributed by atoms with Gasteiger partial charge in [0, 0.05) is 31.5 Å². The van der Waals surface area contributed by atoms with Crippen molar-refractivity contribution in [1.82, 2.24) is 4.90 Å². The van der Waals surface area contributed by atoms with E-state index in [1.807, 2.05) is 59.5 Å². The van der Waals surface area contributed by atoms with Crippen molar-refractivity contribution in [3.8, 4) is 11.1 Å². The van der Waals surface area contributed by atoms with Gasteiger partial charge in [-0.25, -0.2) is 4.79 Å². The summed E-state index contributed by atoms with van der Waals surface area (Å²) in [6, 6.07) is 26.0. The van der Waals surface area contributed by atoms with Gasteiger partial charge in [0.25, 0.3) is 0 Å². The number of hydrogen-bond acceptors (Lipinski definition) is 3. The number of hydrogen-bond donors (Lipinski definition) is 0. The molecule has 0 saturated carbocycles. The first-order chi connectivity index (χ1) is 14.6. The molecule has 0 aromatic heterocycles. The zero-order valence-corrected chi connectivity index (χ0v) is 16.7. The van der Waals surface area contributed by atoms with Crippen molar-refractivity contribution < 1.29 is 14.3 Å². The Morgan fingerprint density at radius 1 is 0.833 bits per heavy atom. The Kier molecular flexibility index (Phi) is 4.62. The Morgan fingerprint density at radius 3 is 2.20 bits per heavy atom. The van der Waals surface area contributed by atoms with Crippen molar-refractivity contribution in [3.05, 3.63) is 95.6 Å². The third-order valence-corrected chi connectivity index (χ3v) is 6.27. The molecule has 4 heteroatoms. The molecule has 3 aromatic rings. The molecule has 0 radical (unpaired) electrons. The number of likely N-dealkylation sites (tertiary alicyclic amines) is 1. The number of ether oxygens (including phenoxy) is 1. The Labute approximate surface area is 176 Å². The minimum Gasteiger partial charge on any atom is -0.450 e. The summed E-state index contributed by atoms with van der Waals surface area (Å²) in [6.45, 7) is 1.20. The Morgan fingerprint density at radius 2 is 1.47 bits per heavy atom. The molecular formula is C26H23NO3. The third-order valence-electron chi connectivity index (χ3n) is 6.27. The average Bonchev–Trinajstić information content (AvgIpc) is 3.07. The molecule has 0 bridgehead atoms. The molecule has 1 spiro atoms. The second kappa shape index (κ2) is 7.45. The van der Waals surface area contributed by atoms with Crippen LogP contribution in [-0.2, 0) is 21.6 Å². The van der Waals surface area contributed by atoms with Crippen molar-refractivity contribution >= 4 is 11.9 Å². The smallest absolute Gasteiger partial charge is 0.339 e. The lowest BCUT2D eigenvalue weighted by Gasteiger charge is -2.38. The van der Waals surface area contributed by atoms with Gasteiger partial charge >= 0.3 is 5.97 Å². The largest absolute Gasteiger partial charge is 0.450 e. The standard InChI is InChI=1S/C26H23NO3/c28-24(18-19-10-12-21(13-11-19)20-6-2-1-3-7-20)27-16-14-26(15-17-27)23-9-5-4-8-22(23)25(29)30-26/h1-13H,14-18H2. The predicted molar refractivity (Wildman–Crippen MR) is 115 cm³/mol. The molecule has 2 aliphatic heterocycles. The number of carbonyl (C=O) groups is 2. The van der Waals surface area contributed by atoms with E-state index in [9.17, 15) is 9.59 Å². The number of amides is 1. The molecule has 4 nitrogen and oxygen atoms in total. The van der Waals surface area contributed by atoms with Crippen LogP contribution >= 0.6 is 0 Å². The molecule has 0 N–H and O–H groups in total. The molecular weight excluding hydrogens is 374 g/mol. The number of rotatable bonds is 3. The summed E-state index contributed by atoms with van der Waals surface area (Å²) in [7, 11) is 0. The van der Waals surface area contributed by atoms with Gasteiger partial charge in [0.15, 0.2) is 0 Å². The van der Waals surface area contributed by atoms with Gasteiger partial charge in [0.2, 0.25) is 5.91 Å². The van der Waals surface area contributed by atoms with Gasteiger partial charge in [0.1, 0.15) is 5.60 Å². The van der Waals surface area contributed by atoms with Crippen LogP contribution in [0.3, 0.4) is 0 Å². The molecule has 0 unspecified atom stereocenters. The fraction of sp³-hybridized carbons (Fsp3) is 0.231. The first-order valence-corrected chi connectivity index (χ1v) is 10.4. The Hall–Kier alpha value is -3.40. The van der Waals surface area contributed by atoms with Crippen LogP contribution in [0.4, 0.5) is 0 Å². The van der Waals surface area contributed by atoms with E-state index in [-0.39, 0.29) is 11.9 Å². The SMILES string of the molecule is O=C1OC2(CCN(C(=O)Cc3ccc(-c4ccccc4)cc3)CC2)c2ccccc21. The second-order valence-electron chi connectivity index (χ2n) is 8.05. The van der Waals surface area contributed by atoms with Gasteiger partial charge in [0.05, 0.1) is 12.0 Å². The van der Waals surface area contributed by atoms with Crippen molar-refractivity contribution in [2.24, 2.45) is 0 Å². The minimum absolute atomic E-state index is 0.120. The van der Waals surface area contributed by atoms with E-state index >= 15 is 0 Å². The number of esters is 1.